The van der Waals surface area contributed by atoms with Crippen molar-refractivity contribution in [3.63, 3.8) is 0 Å². The predicted octanol–water partition coefficient (Wildman–Crippen LogP) is 3.92. The molecule has 0 aromatic heterocycles. The molecule has 1 aromatic carbocycles. The van der Waals surface area contributed by atoms with Crippen LogP contribution in [-0.4, -0.2) is 19.7 Å². The second kappa shape index (κ2) is 6.18. The average molecular weight is 312 g/mol. The molecule has 1 aliphatic rings. The molecule has 1 atom stereocenters. The van der Waals surface area contributed by atoms with Crippen molar-refractivity contribution in [2.45, 2.75) is 32.8 Å². The number of halogens is 1. The summed E-state index contributed by atoms with van der Waals surface area (Å²) in [6.07, 6.45) is 2.51. The second-order valence-electron chi connectivity index (χ2n) is 5.19. The molecule has 2 rings (SSSR count). The predicted molar refractivity (Wildman–Crippen MR) is 78.7 cm³/mol. The summed E-state index contributed by atoms with van der Waals surface area (Å²) >= 11 is 3.52. The summed E-state index contributed by atoms with van der Waals surface area (Å²) in [7, 11) is 0. The Hall–Kier alpha value is -0.380. The lowest BCUT2D eigenvalue weighted by atomic mass is 9.83. The Morgan fingerprint density at radius 1 is 1.39 bits per heavy atom. The highest BCUT2D eigenvalue weighted by Crippen LogP contribution is 2.31. The van der Waals surface area contributed by atoms with E-state index >= 15 is 0 Å². The summed E-state index contributed by atoms with van der Waals surface area (Å²) in [6, 6.07) is 8.41. The molecule has 1 fully saturated rings. The third-order valence-corrected chi connectivity index (χ3v) is 4.63. The van der Waals surface area contributed by atoms with Gasteiger partial charge in [-0.15, -0.1) is 0 Å². The van der Waals surface area contributed by atoms with Gasteiger partial charge in [-0.25, -0.2) is 0 Å². The molecule has 0 radical (unpaired) electrons. The first-order valence-electron chi connectivity index (χ1n) is 6.77. The van der Waals surface area contributed by atoms with Crippen LogP contribution in [0.4, 0.5) is 0 Å². The van der Waals surface area contributed by atoms with E-state index < -0.39 is 0 Å². The van der Waals surface area contributed by atoms with Crippen LogP contribution in [0.5, 0.6) is 0 Å². The van der Waals surface area contributed by atoms with E-state index in [4.69, 9.17) is 4.74 Å². The van der Waals surface area contributed by atoms with E-state index in [1.54, 1.807) is 0 Å². The second-order valence-corrected chi connectivity index (χ2v) is 6.11. The minimum absolute atomic E-state index is 0.169. The van der Waals surface area contributed by atoms with E-state index in [0.29, 0.717) is 5.41 Å². The Balaban J connectivity index is 2.09. The molecule has 2 nitrogen and oxygen atoms in total. The standard InChI is InChI=1S/C15H22BrNO/c1-3-15(4-2)10-17-9-14(18-11-15)12-6-5-7-13(16)8-12/h5-8,14,17H,3-4,9-11H2,1-2H3. The Kier molecular flexibility index (Phi) is 4.82. The number of rotatable bonds is 3. The molecule has 1 saturated heterocycles. The van der Waals surface area contributed by atoms with Gasteiger partial charge in [-0.1, -0.05) is 41.9 Å². The molecule has 1 aliphatic heterocycles. The maximum Gasteiger partial charge on any atom is 0.0949 e. The SMILES string of the molecule is CCC1(CC)CNCC(c2cccc(Br)c2)OC1. The van der Waals surface area contributed by atoms with Gasteiger partial charge in [-0.05, 0) is 30.5 Å². The monoisotopic (exact) mass is 311 g/mol. The van der Waals surface area contributed by atoms with Crippen LogP contribution in [-0.2, 0) is 4.74 Å². The van der Waals surface area contributed by atoms with Crippen LogP contribution in [0, 0.1) is 5.41 Å². The van der Waals surface area contributed by atoms with Gasteiger partial charge in [0.05, 0.1) is 12.7 Å². The van der Waals surface area contributed by atoms with Crippen molar-refractivity contribution in [3.05, 3.63) is 34.3 Å². The number of hydrogen-bond donors (Lipinski definition) is 1. The number of benzene rings is 1. The fraction of sp³-hybridized carbons (Fsp3) is 0.600. The molecule has 1 aromatic rings. The Morgan fingerprint density at radius 3 is 2.83 bits per heavy atom. The fourth-order valence-corrected chi connectivity index (χ4v) is 2.90. The van der Waals surface area contributed by atoms with Gasteiger partial charge in [0, 0.05) is 23.0 Å². The number of nitrogens with one attached hydrogen (secondary N) is 1. The van der Waals surface area contributed by atoms with Crippen LogP contribution in [0.1, 0.15) is 38.4 Å². The van der Waals surface area contributed by atoms with Crippen molar-refractivity contribution >= 4 is 15.9 Å². The van der Waals surface area contributed by atoms with Crippen LogP contribution in [0.25, 0.3) is 0 Å². The van der Waals surface area contributed by atoms with Crippen LogP contribution in [0.15, 0.2) is 28.7 Å². The zero-order chi connectivity index (χ0) is 13.0. The van der Waals surface area contributed by atoms with Crippen molar-refractivity contribution in [1.82, 2.24) is 5.32 Å². The third-order valence-electron chi connectivity index (χ3n) is 4.14. The van der Waals surface area contributed by atoms with Gasteiger partial charge in [-0.2, -0.15) is 0 Å². The van der Waals surface area contributed by atoms with E-state index in [1.807, 2.05) is 0 Å². The quantitative estimate of drug-likeness (QED) is 0.913. The smallest absolute Gasteiger partial charge is 0.0949 e. The molecule has 1 heterocycles. The van der Waals surface area contributed by atoms with E-state index in [-0.39, 0.29) is 6.10 Å². The summed E-state index contributed by atoms with van der Waals surface area (Å²) in [5.41, 5.74) is 1.56. The molecule has 100 valence electrons. The van der Waals surface area contributed by atoms with Gasteiger partial charge < -0.3 is 10.1 Å². The summed E-state index contributed by atoms with van der Waals surface area (Å²) in [6.45, 7) is 7.33. The number of ether oxygens (including phenoxy) is 1. The molecule has 0 spiro atoms. The first-order valence-corrected chi connectivity index (χ1v) is 7.56. The minimum atomic E-state index is 0.169. The zero-order valence-corrected chi connectivity index (χ0v) is 12.8. The minimum Gasteiger partial charge on any atom is -0.372 e. The highest BCUT2D eigenvalue weighted by atomic mass is 79.9. The van der Waals surface area contributed by atoms with Gasteiger partial charge in [0.1, 0.15) is 0 Å². The lowest BCUT2D eigenvalue weighted by Crippen LogP contribution is -2.34. The molecular formula is C15H22BrNO. The third kappa shape index (κ3) is 3.14. The van der Waals surface area contributed by atoms with Crippen molar-refractivity contribution in [1.29, 1.82) is 0 Å². The molecule has 18 heavy (non-hydrogen) atoms. The Bertz CT molecular complexity index is 390. The maximum atomic E-state index is 6.16. The topological polar surface area (TPSA) is 21.3 Å². The van der Waals surface area contributed by atoms with Crippen molar-refractivity contribution in [2.24, 2.45) is 5.41 Å². The van der Waals surface area contributed by atoms with Crippen LogP contribution < -0.4 is 5.32 Å². The molecule has 1 unspecified atom stereocenters. The average Bonchev–Trinajstić information content (AvgIpc) is 2.62. The van der Waals surface area contributed by atoms with E-state index in [9.17, 15) is 0 Å². The first-order chi connectivity index (χ1) is 8.69. The van der Waals surface area contributed by atoms with Crippen LogP contribution >= 0.6 is 15.9 Å². The highest BCUT2D eigenvalue weighted by molar-refractivity contribution is 9.10. The lowest BCUT2D eigenvalue weighted by molar-refractivity contribution is 0.0103. The normalized spacial score (nSPS) is 23.6. The highest BCUT2D eigenvalue weighted by Gasteiger charge is 2.31. The van der Waals surface area contributed by atoms with Gasteiger partial charge >= 0.3 is 0 Å². The van der Waals surface area contributed by atoms with Crippen molar-refractivity contribution in [3.8, 4) is 0 Å². The molecule has 3 heteroatoms. The molecule has 0 aliphatic carbocycles. The van der Waals surface area contributed by atoms with Gasteiger partial charge in [0.2, 0.25) is 0 Å². The van der Waals surface area contributed by atoms with E-state index in [0.717, 1.165) is 24.2 Å². The first kappa shape index (κ1) is 14.0. The van der Waals surface area contributed by atoms with Crippen molar-refractivity contribution < 1.29 is 4.74 Å². The van der Waals surface area contributed by atoms with E-state index in [2.05, 4.69) is 59.4 Å². The van der Waals surface area contributed by atoms with Crippen molar-refractivity contribution in [2.75, 3.05) is 19.7 Å². The van der Waals surface area contributed by atoms with Crippen LogP contribution in [0.2, 0.25) is 0 Å². The summed E-state index contributed by atoms with van der Waals surface area (Å²) in [5.74, 6) is 0. The summed E-state index contributed by atoms with van der Waals surface area (Å²) in [4.78, 5) is 0. The Morgan fingerprint density at radius 2 is 2.17 bits per heavy atom. The molecule has 0 saturated carbocycles. The summed E-state index contributed by atoms with van der Waals surface area (Å²) in [5, 5.41) is 3.57. The van der Waals surface area contributed by atoms with Crippen LogP contribution in [0.3, 0.4) is 0 Å². The van der Waals surface area contributed by atoms with Gasteiger partial charge in [0.15, 0.2) is 0 Å². The molecular weight excluding hydrogens is 290 g/mol. The molecule has 0 amide bonds. The summed E-state index contributed by atoms with van der Waals surface area (Å²) < 4.78 is 7.27. The fourth-order valence-electron chi connectivity index (χ4n) is 2.48. The number of hydrogen-bond acceptors (Lipinski definition) is 2. The zero-order valence-electron chi connectivity index (χ0n) is 11.2. The molecule has 0 bridgehead atoms. The Labute approximate surface area is 118 Å². The van der Waals surface area contributed by atoms with Gasteiger partial charge in [-0.3, -0.25) is 0 Å². The molecule has 1 N–H and O–H groups in total. The maximum absolute atomic E-state index is 6.16. The van der Waals surface area contributed by atoms with E-state index in [1.165, 1.54) is 18.4 Å². The van der Waals surface area contributed by atoms with Gasteiger partial charge in [0.25, 0.3) is 0 Å². The largest absolute Gasteiger partial charge is 0.372 e. The lowest BCUT2D eigenvalue weighted by Gasteiger charge is -2.29.